The van der Waals surface area contributed by atoms with Crippen molar-refractivity contribution in [3.8, 4) is 17.0 Å². The van der Waals surface area contributed by atoms with Crippen LogP contribution in [-0.4, -0.2) is 25.0 Å². The van der Waals surface area contributed by atoms with Gasteiger partial charge in [-0.1, -0.05) is 83.9 Å². The van der Waals surface area contributed by atoms with Crippen LogP contribution in [0.4, 0.5) is 11.6 Å². The number of hydrogen-bond acceptors (Lipinski definition) is 7. The lowest BCUT2D eigenvalue weighted by Gasteiger charge is -2.15. The van der Waals surface area contributed by atoms with Crippen molar-refractivity contribution in [1.82, 2.24) is 19.9 Å². The van der Waals surface area contributed by atoms with Crippen molar-refractivity contribution in [2.75, 3.05) is 10.6 Å². The van der Waals surface area contributed by atoms with E-state index in [0.717, 1.165) is 5.56 Å². The van der Waals surface area contributed by atoms with E-state index in [1.54, 1.807) is 36.8 Å². The number of anilines is 2. The van der Waals surface area contributed by atoms with Crippen molar-refractivity contribution in [2.45, 2.75) is 25.9 Å². The van der Waals surface area contributed by atoms with Crippen LogP contribution in [0.5, 0.6) is 5.75 Å². The summed E-state index contributed by atoms with van der Waals surface area (Å²) in [6.07, 6.45) is 6.53. The van der Waals surface area contributed by atoms with E-state index in [1.165, 1.54) is 17.3 Å². The standard InChI is InChI=1S/C18H16ClN3O.C12H12ClN3/c1-12(13-5-3-2-4-6-13)21-18-11-20-10-16(22-18)14-7-8-17(23)15(19)9-14;1-9(10-5-3-2-4-6-10)15-12-8-14-7-11(13)16-12/h2-12,23H,1H3,(H,21,22);2-9H,1H3,(H,15,16)/t12-;9-/m00/s1. The summed E-state index contributed by atoms with van der Waals surface area (Å²) in [5.41, 5.74) is 3.87. The van der Waals surface area contributed by atoms with Crippen molar-refractivity contribution in [3.05, 3.63) is 125 Å². The predicted octanol–water partition coefficient (Wildman–Crippen LogP) is 7.98. The van der Waals surface area contributed by atoms with Crippen LogP contribution < -0.4 is 10.6 Å². The van der Waals surface area contributed by atoms with Crippen molar-refractivity contribution in [2.24, 2.45) is 0 Å². The maximum Gasteiger partial charge on any atom is 0.149 e. The molecule has 5 rings (SSSR count). The minimum Gasteiger partial charge on any atom is -0.506 e. The van der Waals surface area contributed by atoms with Crippen LogP contribution in [0.25, 0.3) is 11.3 Å². The van der Waals surface area contributed by atoms with Gasteiger partial charge in [-0.2, -0.15) is 0 Å². The lowest BCUT2D eigenvalue weighted by atomic mass is 10.1. The van der Waals surface area contributed by atoms with Gasteiger partial charge in [-0.3, -0.25) is 9.97 Å². The molecule has 0 amide bonds. The number of benzene rings is 3. The Hall–Kier alpha value is -4.20. The summed E-state index contributed by atoms with van der Waals surface area (Å²) < 4.78 is 0. The second-order valence-corrected chi connectivity index (χ2v) is 9.53. The van der Waals surface area contributed by atoms with Gasteiger partial charge in [0.15, 0.2) is 0 Å². The van der Waals surface area contributed by atoms with E-state index in [0.29, 0.717) is 27.5 Å². The molecule has 0 unspecified atom stereocenters. The Morgan fingerprint density at radius 3 is 1.74 bits per heavy atom. The Morgan fingerprint density at radius 1 is 0.667 bits per heavy atom. The number of hydrogen-bond donors (Lipinski definition) is 3. The fraction of sp³-hybridized carbons (Fsp3) is 0.133. The first kappa shape index (κ1) is 27.8. The van der Waals surface area contributed by atoms with Crippen molar-refractivity contribution in [3.63, 3.8) is 0 Å². The number of aromatic nitrogens is 4. The number of nitrogens with zero attached hydrogens (tertiary/aromatic N) is 4. The molecule has 3 aromatic carbocycles. The van der Waals surface area contributed by atoms with Gasteiger partial charge in [0.05, 0.1) is 35.5 Å². The molecule has 3 N–H and O–H groups in total. The highest BCUT2D eigenvalue weighted by atomic mass is 35.5. The molecular formula is C30H28Cl2N6O. The van der Waals surface area contributed by atoms with Gasteiger partial charge >= 0.3 is 0 Å². The minimum atomic E-state index is 0.0513. The van der Waals surface area contributed by atoms with Crippen LogP contribution in [0, 0.1) is 0 Å². The number of halogens is 2. The Bertz CT molecular complexity index is 1490. The van der Waals surface area contributed by atoms with E-state index in [9.17, 15) is 5.11 Å². The molecule has 0 bridgehead atoms. The van der Waals surface area contributed by atoms with Gasteiger partial charge in [0.1, 0.15) is 22.5 Å². The van der Waals surface area contributed by atoms with E-state index in [4.69, 9.17) is 23.2 Å². The van der Waals surface area contributed by atoms with Crippen molar-refractivity contribution >= 4 is 34.8 Å². The molecule has 7 nitrogen and oxygen atoms in total. The zero-order valence-corrected chi connectivity index (χ0v) is 23.0. The third kappa shape index (κ3) is 8.14. The topological polar surface area (TPSA) is 95.9 Å². The summed E-state index contributed by atoms with van der Waals surface area (Å²) in [6.45, 7) is 4.14. The lowest BCUT2D eigenvalue weighted by Crippen LogP contribution is -2.08. The van der Waals surface area contributed by atoms with Crippen LogP contribution in [0.1, 0.15) is 37.1 Å². The molecule has 2 atom stereocenters. The monoisotopic (exact) mass is 558 g/mol. The molecule has 0 aliphatic heterocycles. The normalized spacial score (nSPS) is 12.0. The van der Waals surface area contributed by atoms with E-state index in [2.05, 4.69) is 68.7 Å². The first-order valence-electron chi connectivity index (χ1n) is 12.3. The summed E-state index contributed by atoms with van der Waals surface area (Å²) in [6, 6.07) is 25.6. The van der Waals surface area contributed by atoms with Crippen LogP contribution in [0.15, 0.2) is 104 Å². The smallest absolute Gasteiger partial charge is 0.149 e. The van der Waals surface area contributed by atoms with Gasteiger partial charge < -0.3 is 15.7 Å². The van der Waals surface area contributed by atoms with E-state index in [1.807, 2.05) is 36.4 Å². The van der Waals surface area contributed by atoms with Crippen LogP contribution in [-0.2, 0) is 0 Å². The van der Waals surface area contributed by atoms with E-state index in [-0.39, 0.29) is 17.8 Å². The molecule has 2 aromatic heterocycles. The van der Waals surface area contributed by atoms with Gasteiger partial charge in [0.25, 0.3) is 0 Å². The predicted molar refractivity (Wildman–Crippen MR) is 158 cm³/mol. The van der Waals surface area contributed by atoms with Crippen molar-refractivity contribution < 1.29 is 5.11 Å². The maximum absolute atomic E-state index is 9.51. The molecule has 0 fully saturated rings. The summed E-state index contributed by atoms with van der Waals surface area (Å²) >= 11 is 11.7. The number of phenolic OH excluding ortho intramolecular Hbond substituents is 1. The lowest BCUT2D eigenvalue weighted by molar-refractivity contribution is 0.475. The largest absolute Gasteiger partial charge is 0.506 e. The van der Waals surface area contributed by atoms with Crippen LogP contribution in [0.3, 0.4) is 0 Å². The Morgan fingerprint density at radius 2 is 1.21 bits per heavy atom. The second-order valence-electron chi connectivity index (χ2n) is 8.74. The average Bonchev–Trinajstić information content (AvgIpc) is 2.96. The molecule has 198 valence electrons. The summed E-state index contributed by atoms with van der Waals surface area (Å²) in [5, 5.41) is 16.8. The quantitative estimate of drug-likeness (QED) is 0.186. The third-order valence-corrected chi connectivity index (χ3v) is 6.30. The van der Waals surface area contributed by atoms with Gasteiger partial charge in [0.2, 0.25) is 0 Å². The number of nitrogens with one attached hydrogen (secondary N) is 2. The molecule has 0 aliphatic rings. The Labute approximate surface area is 238 Å². The molecule has 0 saturated heterocycles. The van der Waals surface area contributed by atoms with Crippen LogP contribution >= 0.6 is 23.2 Å². The fourth-order valence-electron chi connectivity index (χ4n) is 3.75. The van der Waals surface area contributed by atoms with Gasteiger partial charge in [-0.15, -0.1) is 0 Å². The highest BCUT2D eigenvalue weighted by Gasteiger charge is 2.09. The molecule has 0 radical (unpaired) electrons. The zero-order chi connectivity index (χ0) is 27.6. The van der Waals surface area contributed by atoms with E-state index < -0.39 is 0 Å². The summed E-state index contributed by atoms with van der Waals surface area (Å²) in [7, 11) is 0. The molecule has 0 saturated carbocycles. The molecular weight excluding hydrogens is 531 g/mol. The molecule has 0 spiro atoms. The van der Waals surface area contributed by atoms with Crippen LogP contribution in [0.2, 0.25) is 10.2 Å². The van der Waals surface area contributed by atoms with Crippen molar-refractivity contribution in [1.29, 1.82) is 0 Å². The Kier molecular flexibility index (Phi) is 9.67. The number of phenols is 1. The molecule has 5 aromatic rings. The van der Waals surface area contributed by atoms with Gasteiger partial charge in [-0.05, 0) is 43.2 Å². The zero-order valence-electron chi connectivity index (χ0n) is 21.5. The molecule has 39 heavy (non-hydrogen) atoms. The highest BCUT2D eigenvalue weighted by Crippen LogP contribution is 2.29. The highest BCUT2D eigenvalue weighted by molar-refractivity contribution is 6.32. The van der Waals surface area contributed by atoms with Gasteiger partial charge in [-0.25, -0.2) is 9.97 Å². The first-order valence-corrected chi connectivity index (χ1v) is 13.1. The third-order valence-electron chi connectivity index (χ3n) is 5.81. The van der Waals surface area contributed by atoms with Gasteiger partial charge in [0, 0.05) is 17.6 Å². The fourth-order valence-corrected chi connectivity index (χ4v) is 4.07. The maximum atomic E-state index is 9.51. The Balaban J connectivity index is 0.000000193. The number of aromatic hydroxyl groups is 1. The SMILES string of the molecule is C[C@H](Nc1cncc(-c2ccc(O)c(Cl)c2)n1)c1ccccc1.C[C@H](Nc1cncc(Cl)n1)c1ccccc1. The summed E-state index contributed by atoms with van der Waals surface area (Å²) in [4.78, 5) is 16.9. The minimum absolute atomic E-state index is 0.0513. The summed E-state index contributed by atoms with van der Waals surface area (Å²) in [5.74, 6) is 1.42. The first-order chi connectivity index (χ1) is 18.9. The molecule has 0 aliphatic carbocycles. The second kappa shape index (κ2) is 13.6. The molecule has 9 heteroatoms. The van der Waals surface area contributed by atoms with E-state index >= 15 is 0 Å². The number of rotatable bonds is 7. The molecule has 2 heterocycles. The average molecular weight is 560 g/mol.